The van der Waals surface area contributed by atoms with Gasteiger partial charge in [0.1, 0.15) is 0 Å². The van der Waals surface area contributed by atoms with Gasteiger partial charge in [0.2, 0.25) is 0 Å². The molecule has 19 heavy (non-hydrogen) atoms. The first-order valence-corrected chi connectivity index (χ1v) is 7.47. The van der Waals surface area contributed by atoms with Gasteiger partial charge in [0.05, 0.1) is 22.8 Å². The van der Waals surface area contributed by atoms with Gasteiger partial charge in [-0.15, -0.1) is 11.3 Å². The summed E-state index contributed by atoms with van der Waals surface area (Å²) in [5.41, 5.74) is 3.34. The van der Waals surface area contributed by atoms with Crippen molar-refractivity contribution < 1.29 is 5.11 Å². The predicted molar refractivity (Wildman–Crippen MR) is 77.2 cm³/mol. The van der Waals surface area contributed by atoms with E-state index in [1.54, 1.807) is 11.3 Å². The van der Waals surface area contributed by atoms with Crippen LogP contribution in [-0.4, -0.2) is 16.7 Å². The molecule has 1 unspecified atom stereocenters. The third-order valence-corrected chi connectivity index (χ3v) is 4.72. The number of aliphatic hydroxyl groups is 1. The summed E-state index contributed by atoms with van der Waals surface area (Å²) in [5, 5.41) is 16.6. The fourth-order valence-electron chi connectivity index (χ4n) is 2.84. The number of benzene rings is 1. The minimum Gasteiger partial charge on any atom is -0.394 e. The Morgan fingerprint density at radius 3 is 3.00 bits per heavy atom. The summed E-state index contributed by atoms with van der Waals surface area (Å²) >= 11 is 1.67. The average Bonchev–Trinajstić information content (AvgIpc) is 3.01. The zero-order valence-corrected chi connectivity index (χ0v) is 11.8. The summed E-state index contributed by atoms with van der Waals surface area (Å²) in [6.45, 7) is 2.85. The van der Waals surface area contributed by atoms with Crippen LogP contribution in [0.1, 0.15) is 28.2 Å². The van der Waals surface area contributed by atoms with Gasteiger partial charge in [-0.3, -0.25) is 5.32 Å². The van der Waals surface area contributed by atoms with Crippen molar-refractivity contribution in [2.24, 2.45) is 0 Å². The third-order valence-electron chi connectivity index (χ3n) is 3.90. The number of hydrogen-bond donors (Lipinski definition) is 2. The molecule has 0 fully saturated rings. The number of nitrogens with one attached hydrogen (secondary N) is 1. The summed E-state index contributed by atoms with van der Waals surface area (Å²) < 4.78 is 0. The van der Waals surface area contributed by atoms with Crippen molar-refractivity contribution in [1.29, 1.82) is 0 Å². The molecule has 0 amide bonds. The van der Waals surface area contributed by atoms with Crippen LogP contribution in [0.25, 0.3) is 0 Å². The topological polar surface area (TPSA) is 45.2 Å². The molecule has 0 aliphatic heterocycles. The van der Waals surface area contributed by atoms with E-state index in [0.717, 1.165) is 23.5 Å². The summed E-state index contributed by atoms with van der Waals surface area (Å²) in [5.74, 6) is 0. The fraction of sp³-hybridized carbons (Fsp3) is 0.400. The third kappa shape index (κ3) is 2.31. The molecule has 1 aliphatic rings. The molecule has 2 N–H and O–H groups in total. The average molecular weight is 274 g/mol. The Morgan fingerprint density at radius 2 is 2.26 bits per heavy atom. The van der Waals surface area contributed by atoms with E-state index >= 15 is 0 Å². The Morgan fingerprint density at radius 1 is 1.42 bits per heavy atom. The predicted octanol–water partition coefficient (Wildman–Crippen LogP) is 2.38. The lowest BCUT2D eigenvalue weighted by atomic mass is 9.92. The molecule has 3 rings (SSSR count). The Bertz CT molecular complexity index is 581. The number of rotatable bonds is 4. The van der Waals surface area contributed by atoms with E-state index in [0.29, 0.717) is 6.54 Å². The van der Waals surface area contributed by atoms with Gasteiger partial charge in [-0.05, 0) is 30.9 Å². The van der Waals surface area contributed by atoms with Gasteiger partial charge < -0.3 is 5.11 Å². The second kappa shape index (κ2) is 5.04. The van der Waals surface area contributed by atoms with Crippen molar-refractivity contribution in [2.45, 2.75) is 31.8 Å². The van der Waals surface area contributed by atoms with Gasteiger partial charge in [-0.25, -0.2) is 4.98 Å². The lowest BCUT2D eigenvalue weighted by Gasteiger charge is -2.29. The molecule has 0 saturated carbocycles. The van der Waals surface area contributed by atoms with E-state index in [2.05, 4.69) is 33.9 Å². The van der Waals surface area contributed by atoms with Gasteiger partial charge in [-0.1, -0.05) is 24.3 Å². The molecule has 0 saturated heterocycles. The van der Waals surface area contributed by atoms with Crippen molar-refractivity contribution >= 4 is 11.3 Å². The lowest BCUT2D eigenvalue weighted by molar-refractivity contribution is 0.158. The highest BCUT2D eigenvalue weighted by atomic mass is 32.1. The largest absolute Gasteiger partial charge is 0.394 e. The maximum atomic E-state index is 9.87. The van der Waals surface area contributed by atoms with E-state index in [1.807, 2.05) is 13.0 Å². The van der Waals surface area contributed by atoms with Gasteiger partial charge >= 0.3 is 0 Å². The molecule has 0 spiro atoms. The first kappa shape index (κ1) is 12.8. The van der Waals surface area contributed by atoms with Crippen LogP contribution in [0, 0.1) is 6.92 Å². The molecule has 1 aromatic carbocycles. The molecular formula is C15H18N2OS. The normalized spacial score (nSPS) is 21.6. The van der Waals surface area contributed by atoms with Gasteiger partial charge in [-0.2, -0.15) is 0 Å². The number of aliphatic hydroxyl groups excluding tert-OH is 1. The monoisotopic (exact) mass is 274 g/mol. The molecule has 0 bridgehead atoms. The van der Waals surface area contributed by atoms with E-state index < -0.39 is 0 Å². The van der Waals surface area contributed by atoms with Crippen LogP contribution in [0.3, 0.4) is 0 Å². The van der Waals surface area contributed by atoms with E-state index in [9.17, 15) is 5.11 Å². The van der Waals surface area contributed by atoms with Gasteiger partial charge in [0, 0.05) is 11.9 Å². The zero-order chi connectivity index (χ0) is 13.3. The van der Waals surface area contributed by atoms with Crippen LogP contribution in [0.5, 0.6) is 0 Å². The van der Waals surface area contributed by atoms with E-state index in [1.165, 1.54) is 11.1 Å². The number of aryl methyl sites for hydroxylation is 2. The highest BCUT2D eigenvalue weighted by Crippen LogP contribution is 2.36. The van der Waals surface area contributed by atoms with Crippen molar-refractivity contribution in [3.63, 3.8) is 0 Å². The number of fused-ring (bicyclic) bond motifs is 1. The lowest BCUT2D eigenvalue weighted by Crippen LogP contribution is -2.43. The molecule has 1 atom stereocenters. The van der Waals surface area contributed by atoms with Crippen molar-refractivity contribution in [3.8, 4) is 0 Å². The molecule has 100 valence electrons. The first-order chi connectivity index (χ1) is 9.23. The van der Waals surface area contributed by atoms with Crippen LogP contribution in [0.2, 0.25) is 0 Å². The molecule has 4 heteroatoms. The summed E-state index contributed by atoms with van der Waals surface area (Å²) in [6, 6.07) is 8.39. The van der Waals surface area contributed by atoms with Gasteiger partial charge in [0.15, 0.2) is 0 Å². The second-order valence-electron chi connectivity index (χ2n) is 5.11. The summed E-state index contributed by atoms with van der Waals surface area (Å²) in [7, 11) is 0. The van der Waals surface area contributed by atoms with Crippen molar-refractivity contribution in [2.75, 3.05) is 6.61 Å². The van der Waals surface area contributed by atoms with E-state index in [-0.39, 0.29) is 12.1 Å². The van der Waals surface area contributed by atoms with Crippen LogP contribution in [0.4, 0.5) is 0 Å². The van der Waals surface area contributed by atoms with Crippen molar-refractivity contribution in [1.82, 2.24) is 10.3 Å². The van der Waals surface area contributed by atoms with Crippen LogP contribution < -0.4 is 5.32 Å². The van der Waals surface area contributed by atoms with Crippen LogP contribution in [-0.2, 0) is 18.5 Å². The summed E-state index contributed by atoms with van der Waals surface area (Å²) in [6.07, 6.45) is 1.98. The van der Waals surface area contributed by atoms with Crippen LogP contribution >= 0.6 is 11.3 Å². The summed E-state index contributed by atoms with van der Waals surface area (Å²) in [4.78, 5) is 4.47. The maximum Gasteiger partial charge on any atom is 0.0897 e. The molecule has 3 nitrogen and oxygen atoms in total. The number of thiazole rings is 1. The highest BCUT2D eigenvalue weighted by molar-refractivity contribution is 7.09. The molecule has 2 aromatic rings. The molecule has 1 aliphatic carbocycles. The fourth-order valence-corrected chi connectivity index (χ4v) is 3.45. The van der Waals surface area contributed by atoms with Crippen molar-refractivity contribution in [3.05, 3.63) is 51.5 Å². The Labute approximate surface area is 117 Å². The minimum atomic E-state index is -0.298. The quantitative estimate of drug-likeness (QED) is 0.899. The molecular weight excluding hydrogens is 256 g/mol. The molecule has 0 radical (unpaired) electrons. The number of hydrogen-bond acceptors (Lipinski definition) is 4. The van der Waals surface area contributed by atoms with E-state index in [4.69, 9.17) is 0 Å². The molecule has 1 aromatic heterocycles. The number of aromatic nitrogens is 1. The first-order valence-electron chi connectivity index (χ1n) is 6.59. The Hall–Kier alpha value is -1.23. The minimum absolute atomic E-state index is 0.132. The van der Waals surface area contributed by atoms with Gasteiger partial charge in [0.25, 0.3) is 0 Å². The Kier molecular flexibility index (Phi) is 3.39. The SMILES string of the molecule is Cc1nc(CNC2(CO)CCc3ccccc32)cs1. The second-order valence-corrected chi connectivity index (χ2v) is 6.17. The standard InChI is InChI=1S/C15H18N2OS/c1-11-17-13(9-19-11)8-16-15(10-18)7-6-12-4-2-3-5-14(12)15/h2-5,9,16,18H,6-8,10H2,1H3. The Balaban J connectivity index is 1.81. The number of nitrogens with zero attached hydrogens (tertiary/aromatic N) is 1. The van der Waals surface area contributed by atoms with Crippen LogP contribution in [0.15, 0.2) is 29.6 Å². The molecule has 1 heterocycles. The zero-order valence-electron chi connectivity index (χ0n) is 11.0. The smallest absolute Gasteiger partial charge is 0.0897 e. The highest BCUT2D eigenvalue weighted by Gasteiger charge is 2.37. The maximum absolute atomic E-state index is 9.87.